The second kappa shape index (κ2) is 5.12. The molecule has 0 amide bonds. The highest BCUT2D eigenvalue weighted by molar-refractivity contribution is 5.75. The van der Waals surface area contributed by atoms with E-state index in [9.17, 15) is 4.79 Å². The van der Waals surface area contributed by atoms with E-state index in [0.29, 0.717) is 6.61 Å². The van der Waals surface area contributed by atoms with Crippen molar-refractivity contribution in [2.45, 2.75) is 32.0 Å². The molecule has 16 heavy (non-hydrogen) atoms. The minimum absolute atomic E-state index is 0.210. The van der Waals surface area contributed by atoms with Crippen LogP contribution in [0.2, 0.25) is 0 Å². The van der Waals surface area contributed by atoms with Crippen molar-refractivity contribution in [3.63, 3.8) is 0 Å². The number of benzene rings is 1. The lowest BCUT2D eigenvalue weighted by Gasteiger charge is -2.16. The topological polar surface area (TPSA) is 35.5 Å². The lowest BCUT2D eigenvalue weighted by atomic mass is 10.1. The maximum Gasteiger partial charge on any atom is 0.335 e. The Morgan fingerprint density at radius 3 is 2.81 bits per heavy atom. The van der Waals surface area contributed by atoms with E-state index in [4.69, 9.17) is 9.47 Å². The van der Waals surface area contributed by atoms with Gasteiger partial charge in [0, 0.05) is 6.61 Å². The zero-order valence-electron chi connectivity index (χ0n) is 9.39. The van der Waals surface area contributed by atoms with E-state index in [2.05, 4.69) is 0 Å². The molecule has 86 valence electrons. The van der Waals surface area contributed by atoms with Crippen molar-refractivity contribution in [1.82, 2.24) is 0 Å². The van der Waals surface area contributed by atoms with Crippen molar-refractivity contribution in [1.29, 1.82) is 0 Å². The third-order valence-corrected chi connectivity index (χ3v) is 2.75. The van der Waals surface area contributed by atoms with E-state index in [-0.39, 0.29) is 18.2 Å². The molecule has 0 spiro atoms. The van der Waals surface area contributed by atoms with Crippen molar-refractivity contribution in [3.8, 4) is 0 Å². The molecule has 2 atom stereocenters. The number of hydrogen-bond acceptors (Lipinski definition) is 3. The van der Waals surface area contributed by atoms with E-state index in [1.165, 1.54) is 0 Å². The third kappa shape index (κ3) is 2.61. The zero-order valence-corrected chi connectivity index (χ0v) is 9.39. The molecule has 3 nitrogen and oxygen atoms in total. The molecule has 1 heterocycles. The second-order valence-electron chi connectivity index (χ2n) is 3.99. The predicted octanol–water partition coefficient (Wildman–Crippen LogP) is 2.47. The molecular weight excluding hydrogens is 204 g/mol. The van der Waals surface area contributed by atoms with Crippen LogP contribution in [0.3, 0.4) is 0 Å². The molecule has 2 unspecified atom stereocenters. The van der Waals surface area contributed by atoms with Crippen LogP contribution in [0.5, 0.6) is 0 Å². The van der Waals surface area contributed by atoms with E-state index in [1.807, 2.05) is 37.3 Å². The van der Waals surface area contributed by atoms with Crippen LogP contribution >= 0.6 is 0 Å². The van der Waals surface area contributed by atoms with Crippen LogP contribution < -0.4 is 0 Å². The number of hydrogen-bond donors (Lipinski definition) is 0. The van der Waals surface area contributed by atoms with Crippen molar-refractivity contribution in [2.75, 3.05) is 6.61 Å². The molecule has 1 aromatic rings. The van der Waals surface area contributed by atoms with Gasteiger partial charge in [0.05, 0.1) is 0 Å². The Kier molecular flexibility index (Phi) is 3.57. The molecule has 0 radical (unpaired) electrons. The summed E-state index contributed by atoms with van der Waals surface area (Å²) in [5.74, 6) is -0.242. The summed E-state index contributed by atoms with van der Waals surface area (Å²) in [4.78, 5) is 11.7. The lowest BCUT2D eigenvalue weighted by Crippen LogP contribution is -2.23. The summed E-state index contributed by atoms with van der Waals surface area (Å²) in [6, 6.07) is 9.72. The van der Waals surface area contributed by atoms with Crippen LogP contribution in [-0.2, 0) is 14.3 Å². The van der Waals surface area contributed by atoms with Crippen molar-refractivity contribution < 1.29 is 14.3 Å². The molecule has 1 fully saturated rings. The Morgan fingerprint density at radius 2 is 2.19 bits per heavy atom. The molecule has 1 aromatic carbocycles. The van der Waals surface area contributed by atoms with Gasteiger partial charge in [0.25, 0.3) is 0 Å². The molecule has 0 aromatic heterocycles. The molecule has 1 saturated heterocycles. The van der Waals surface area contributed by atoms with Crippen molar-refractivity contribution in [3.05, 3.63) is 35.9 Å². The van der Waals surface area contributed by atoms with E-state index in [1.54, 1.807) is 0 Å². The van der Waals surface area contributed by atoms with E-state index in [0.717, 1.165) is 18.4 Å². The molecule has 0 saturated carbocycles. The Hall–Kier alpha value is -1.35. The fraction of sp³-hybridized carbons (Fsp3) is 0.462. The van der Waals surface area contributed by atoms with Gasteiger partial charge in [0.1, 0.15) is 6.10 Å². The SMILES string of the molecule is CC(OC(=O)C1CCCO1)c1ccccc1. The summed E-state index contributed by atoms with van der Waals surface area (Å²) in [5, 5.41) is 0. The summed E-state index contributed by atoms with van der Waals surface area (Å²) in [6.45, 7) is 2.54. The van der Waals surface area contributed by atoms with Crippen LogP contribution in [0.4, 0.5) is 0 Å². The molecule has 1 aliphatic rings. The van der Waals surface area contributed by atoms with Gasteiger partial charge in [-0.15, -0.1) is 0 Å². The summed E-state index contributed by atoms with van der Waals surface area (Å²) in [6.07, 6.45) is 1.16. The summed E-state index contributed by atoms with van der Waals surface area (Å²) >= 11 is 0. The van der Waals surface area contributed by atoms with Crippen LogP contribution in [0.25, 0.3) is 0 Å². The van der Waals surface area contributed by atoms with Gasteiger partial charge >= 0.3 is 5.97 Å². The molecule has 0 N–H and O–H groups in total. The van der Waals surface area contributed by atoms with Gasteiger partial charge in [-0.3, -0.25) is 0 Å². The zero-order chi connectivity index (χ0) is 11.4. The molecule has 1 aliphatic heterocycles. The molecule has 0 bridgehead atoms. The highest BCUT2D eigenvalue weighted by Gasteiger charge is 2.26. The molecular formula is C13H16O3. The summed E-state index contributed by atoms with van der Waals surface area (Å²) < 4.78 is 10.6. The number of esters is 1. The minimum atomic E-state index is -0.355. The lowest BCUT2D eigenvalue weighted by molar-refractivity contribution is -0.159. The fourth-order valence-corrected chi connectivity index (χ4v) is 1.81. The first-order valence-electron chi connectivity index (χ1n) is 5.64. The minimum Gasteiger partial charge on any atom is -0.456 e. The predicted molar refractivity (Wildman–Crippen MR) is 59.9 cm³/mol. The highest BCUT2D eigenvalue weighted by atomic mass is 16.6. The van der Waals surface area contributed by atoms with Crippen molar-refractivity contribution >= 4 is 5.97 Å². The molecule has 2 rings (SSSR count). The highest BCUT2D eigenvalue weighted by Crippen LogP contribution is 2.20. The maximum absolute atomic E-state index is 11.7. The number of carbonyl (C=O) groups excluding carboxylic acids is 1. The second-order valence-corrected chi connectivity index (χ2v) is 3.99. The van der Waals surface area contributed by atoms with Gasteiger partial charge in [-0.25, -0.2) is 4.79 Å². The van der Waals surface area contributed by atoms with Gasteiger partial charge in [0.2, 0.25) is 0 Å². The monoisotopic (exact) mass is 220 g/mol. The number of ether oxygens (including phenoxy) is 2. The Balaban J connectivity index is 1.92. The Labute approximate surface area is 95.4 Å². The van der Waals surface area contributed by atoms with E-state index >= 15 is 0 Å². The average molecular weight is 220 g/mol. The van der Waals surface area contributed by atoms with E-state index < -0.39 is 0 Å². The normalized spacial score (nSPS) is 21.7. The third-order valence-electron chi connectivity index (χ3n) is 2.75. The molecule has 3 heteroatoms. The first kappa shape index (κ1) is 11.1. The average Bonchev–Trinajstić information content (AvgIpc) is 2.83. The first-order valence-corrected chi connectivity index (χ1v) is 5.64. The Morgan fingerprint density at radius 1 is 1.44 bits per heavy atom. The fourth-order valence-electron chi connectivity index (χ4n) is 1.81. The van der Waals surface area contributed by atoms with Gasteiger partial charge in [0.15, 0.2) is 6.10 Å². The number of carbonyl (C=O) groups is 1. The largest absolute Gasteiger partial charge is 0.456 e. The summed E-state index contributed by atoms with van der Waals surface area (Å²) in [5.41, 5.74) is 1.01. The van der Waals surface area contributed by atoms with Gasteiger partial charge in [-0.2, -0.15) is 0 Å². The molecule has 0 aliphatic carbocycles. The van der Waals surface area contributed by atoms with Gasteiger partial charge in [-0.05, 0) is 25.3 Å². The first-order chi connectivity index (χ1) is 7.77. The standard InChI is InChI=1S/C13H16O3/c1-10(11-6-3-2-4-7-11)16-13(14)12-8-5-9-15-12/h2-4,6-7,10,12H,5,8-9H2,1H3. The van der Waals surface area contributed by atoms with Crippen molar-refractivity contribution in [2.24, 2.45) is 0 Å². The van der Waals surface area contributed by atoms with Gasteiger partial charge < -0.3 is 9.47 Å². The Bertz CT molecular complexity index is 341. The smallest absolute Gasteiger partial charge is 0.335 e. The van der Waals surface area contributed by atoms with Crippen LogP contribution in [0.15, 0.2) is 30.3 Å². The quantitative estimate of drug-likeness (QED) is 0.734. The maximum atomic E-state index is 11.7. The van der Waals surface area contributed by atoms with Gasteiger partial charge in [-0.1, -0.05) is 30.3 Å². The van der Waals surface area contributed by atoms with Crippen LogP contribution in [-0.4, -0.2) is 18.7 Å². The number of rotatable bonds is 3. The summed E-state index contributed by atoms with van der Waals surface area (Å²) in [7, 11) is 0. The van der Waals surface area contributed by atoms with Crippen LogP contribution in [0.1, 0.15) is 31.4 Å². The van der Waals surface area contributed by atoms with Crippen LogP contribution in [0, 0.1) is 0 Å².